The molecule has 2 rings (SSSR count). The summed E-state index contributed by atoms with van der Waals surface area (Å²) < 4.78 is 32.0. The van der Waals surface area contributed by atoms with Crippen LogP contribution in [0, 0.1) is 11.6 Å². The van der Waals surface area contributed by atoms with Gasteiger partial charge in [-0.1, -0.05) is 6.07 Å². The molecule has 0 bridgehead atoms. The monoisotopic (exact) mass is 278 g/mol. The Balaban J connectivity index is 2.33. The van der Waals surface area contributed by atoms with E-state index in [1.165, 1.54) is 25.3 Å². The fourth-order valence-corrected chi connectivity index (χ4v) is 1.67. The predicted octanol–water partition coefficient (Wildman–Crippen LogP) is 2.81. The van der Waals surface area contributed by atoms with Gasteiger partial charge in [0.25, 0.3) is 5.91 Å². The summed E-state index contributed by atoms with van der Waals surface area (Å²) in [7, 11) is 1.45. The van der Waals surface area contributed by atoms with Crippen molar-refractivity contribution in [2.24, 2.45) is 0 Å². The lowest BCUT2D eigenvalue weighted by Crippen LogP contribution is -2.16. The normalized spacial score (nSPS) is 10.2. The van der Waals surface area contributed by atoms with Crippen LogP contribution >= 0.6 is 0 Å². The average Bonchev–Trinajstić information content (AvgIpc) is 2.41. The lowest BCUT2D eigenvalue weighted by molar-refractivity contribution is 0.101. The number of rotatable bonds is 3. The summed E-state index contributed by atoms with van der Waals surface area (Å²) in [6, 6.07) is 7.79. The molecule has 0 aliphatic rings. The van der Waals surface area contributed by atoms with Gasteiger partial charge in [-0.2, -0.15) is 0 Å². The van der Waals surface area contributed by atoms with Crippen molar-refractivity contribution < 1.29 is 18.3 Å². The first kappa shape index (κ1) is 13.8. The number of nitrogens with one attached hydrogen (secondary N) is 1. The first-order valence-corrected chi connectivity index (χ1v) is 5.72. The second kappa shape index (κ2) is 5.56. The van der Waals surface area contributed by atoms with Crippen molar-refractivity contribution in [1.82, 2.24) is 0 Å². The van der Waals surface area contributed by atoms with E-state index in [1.807, 2.05) is 0 Å². The number of methoxy groups -OCH3 is 1. The SMILES string of the molecule is COc1ccc(N)c(NC(=O)c2c(F)cccc2F)c1. The molecule has 0 aromatic heterocycles. The fraction of sp³-hybridized carbons (Fsp3) is 0.0714. The van der Waals surface area contributed by atoms with Crippen LogP contribution in [-0.4, -0.2) is 13.0 Å². The maximum absolute atomic E-state index is 13.5. The zero-order chi connectivity index (χ0) is 14.7. The van der Waals surface area contributed by atoms with Gasteiger partial charge in [-0.25, -0.2) is 8.78 Å². The predicted molar refractivity (Wildman–Crippen MR) is 71.7 cm³/mol. The largest absolute Gasteiger partial charge is 0.497 e. The maximum atomic E-state index is 13.5. The first-order chi connectivity index (χ1) is 9.52. The van der Waals surface area contributed by atoms with Crippen LogP contribution in [0.25, 0.3) is 0 Å². The minimum Gasteiger partial charge on any atom is -0.497 e. The highest BCUT2D eigenvalue weighted by molar-refractivity contribution is 6.06. The van der Waals surface area contributed by atoms with Gasteiger partial charge in [-0.3, -0.25) is 4.79 Å². The molecule has 2 aromatic rings. The van der Waals surface area contributed by atoms with Crippen LogP contribution in [-0.2, 0) is 0 Å². The van der Waals surface area contributed by atoms with Crippen LogP contribution in [0.5, 0.6) is 5.75 Å². The molecule has 2 aromatic carbocycles. The van der Waals surface area contributed by atoms with Gasteiger partial charge in [0.1, 0.15) is 22.9 Å². The highest BCUT2D eigenvalue weighted by atomic mass is 19.1. The fourth-order valence-electron chi connectivity index (χ4n) is 1.67. The highest BCUT2D eigenvalue weighted by Crippen LogP contribution is 2.25. The number of halogens is 2. The molecular formula is C14H12F2N2O2. The van der Waals surface area contributed by atoms with Crippen molar-refractivity contribution in [3.63, 3.8) is 0 Å². The van der Waals surface area contributed by atoms with Gasteiger partial charge < -0.3 is 15.8 Å². The second-order valence-electron chi connectivity index (χ2n) is 4.00. The Morgan fingerprint density at radius 1 is 1.20 bits per heavy atom. The number of nitrogens with two attached hydrogens (primary N) is 1. The Hall–Kier alpha value is -2.63. The minimum absolute atomic E-state index is 0.219. The van der Waals surface area contributed by atoms with Crippen molar-refractivity contribution in [2.75, 3.05) is 18.2 Å². The molecule has 0 aliphatic heterocycles. The summed E-state index contributed by atoms with van der Waals surface area (Å²) in [5, 5.41) is 2.36. The number of amides is 1. The number of carbonyl (C=O) groups excluding carboxylic acids is 1. The van der Waals surface area contributed by atoms with Gasteiger partial charge in [0.15, 0.2) is 0 Å². The molecule has 0 atom stereocenters. The standard InChI is InChI=1S/C14H12F2N2O2/c1-20-8-5-6-11(17)12(7-8)18-14(19)13-9(15)3-2-4-10(13)16/h2-7H,17H2,1H3,(H,18,19). The average molecular weight is 278 g/mol. The Bertz CT molecular complexity index is 639. The van der Waals surface area contributed by atoms with E-state index in [0.29, 0.717) is 5.75 Å². The van der Waals surface area contributed by atoms with E-state index >= 15 is 0 Å². The number of carbonyl (C=O) groups is 1. The zero-order valence-electron chi connectivity index (χ0n) is 10.6. The molecule has 1 amide bonds. The first-order valence-electron chi connectivity index (χ1n) is 5.72. The summed E-state index contributed by atoms with van der Waals surface area (Å²) >= 11 is 0. The Labute approximate surface area is 114 Å². The van der Waals surface area contributed by atoms with E-state index in [-0.39, 0.29) is 11.4 Å². The molecule has 0 unspecified atom stereocenters. The Morgan fingerprint density at radius 2 is 1.85 bits per heavy atom. The molecule has 0 heterocycles. The summed E-state index contributed by atoms with van der Waals surface area (Å²) in [4.78, 5) is 11.9. The van der Waals surface area contributed by atoms with Crippen molar-refractivity contribution in [3.05, 3.63) is 53.6 Å². The molecule has 20 heavy (non-hydrogen) atoms. The van der Waals surface area contributed by atoms with Crippen LogP contribution in [0.2, 0.25) is 0 Å². The van der Waals surface area contributed by atoms with Crippen LogP contribution in [0.15, 0.2) is 36.4 Å². The highest BCUT2D eigenvalue weighted by Gasteiger charge is 2.18. The summed E-state index contributed by atoms with van der Waals surface area (Å²) in [6.45, 7) is 0. The Kier molecular flexibility index (Phi) is 3.84. The molecule has 0 saturated heterocycles. The molecule has 6 heteroatoms. The van der Waals surface area contributed by atoms with E-state index in [9.17, 15) is 13.6 Å². The zero-order valence-corrected chi connectivity index (χ0v) is 10.6. The van der Waals surface area contributed by atoms with Gasteiger partial charge in [-0.15, -0.1) is 0 Å². The number of hydrogen-bond donors (Lipinski definition) is 2. The molecule has 3 N–H and O–H groups in total. The molecule has 104 valence electrons. The molecule has 0 aliphatic carbocycles. The third-order valence-corrected chi connectivity index (χ3v) is 2.70. The van der Waals surface area contributed by atoms with Crippen LogP contribution in [0.1, 0.15) is 10.4 Å². The third kappa shape index (κ3) is 2.69. The van der Waals surface area contributed by atoms with E-state index in [1.54, 1.807) is 6.07 Å². The second-order valence-corrected chi connectivity index (χ2v) is 4.00. The van der Waals surface area contributed by atoms with Crippen molar-refractivity contribution in [1.29, 1.82) is 0 Å². The third-order valence-electron chi connectivity index (χ3n) is 2.70. The number of hydrogen-bond acceptors (Lipinski definition) is 3. The molecule has 0 radical (unpaired) electrons. The molecule has 4 nitrogen and oxygen atoms in total. The lowest BCUT2D eigenvalue weighted by atomic mass is 10.1. The van der Waals surface area contributed by atoms with E-state index < -0.39 is 23.1 Å². The van der Waals surface area contributed by atoms with Crippen LogP contribution < -0.4 is 15.8 Å². The van der Waals surface area contributed by atoms with Gasteiger partial charge in [0, 0.05) is 6.07 Å². The van der Waals surface area contributed by atoms with Crippen LogP contribution in [0.3, 0.4) is 0 Å². The molecule has 0 saturated carbocycles. The minimum atomic E-state index is -0.941. The number of benzene rings is 2. The topological polar surface area (TPSA) is 64.3 Å². The van der Waals surface area contributed by atoms with Gasteiger partial charge in [0.05, 0.1) is 18.5 Å². The van der Waals surface area contributed by atoms with E-state index in [4.69, 9.17) is 10.5 Å². The lowest BCUT2D eigenvalue weighted by Gasteiger charge is -2.10. The molecule has 0 fully saturated rings. The van der Waals surface area contributed by atoms with Crippen molar-refractivity contribution in [2.45, 2.75) is 0 Å². The molecule has 0 spiro atoms. The number of anilines is 2. The summed E-state index contributed by atoms with van der Waals surface area (Å²) in [5.41, 5.74) is 5.51. The molecular weight excluding hydrogens is 266 g/mol. The van der Waals surface area contributed by atoms with Crippen molar-refractivity contribution in [3.8, 4) is 5.75 Å². The van der Waals surface area contributed by atoms with Gasteiger partial charge in [0.2, 0.25) is 0 Å². The van der Waals surface area contributed by atoms with E-state index in [0.717, 1.165) is 12.1 Å². The number of ether oxygens (including phenoxy) is 1. The van der Waals surface area contributed by atoms with Crippen molar-refractivity contribution >= 4 is 17.3 Å². The summed E-state index contributed by atoms with van der Waals surface area (Å²) in [6.07, 6.45) is 0. The Morgan fingerprint density at radius 3 is 2.45 bits per heavy atom. The quantitative estimate of drug-likeness (QED) is 0.848. The maximum Gasteiger partial charge on any atom is 0.261 e. The smallest absolute Gasteiger partial charge is 0.261 e. The number of nitrogen functional groups attached to an aromatic ring is 1. The van der Waals surface area contributed by atoms with Gasteiger partial charge >= 0.3 is 0 Å². The van der Waals surface area contributed by atoms with E-state index in [2.05, 4.69) is 5.32 Å². The van der Waals surface area contributed by atoms with Crippen LogP contribution in [0.4, 0.5) is 20.2 Å². The van der Waals surface area contributed by atoms with Gasteiger partial charge in [-0.05, 0) is 24.3 Å². The summed E-state index contributed by atoms with van der Waals surface area (Å²) in [5.74, 6) is -2.34.